The van der Waals surface area contributed by atoms with E-state index in [-0.39, 0.29) is 13.2 Å². The van der Waals surface area contributed by atoms with Crippen molar-refractivity contribution in [2.75, 3.05) is 42.6 Å². The molecule has 1 atom stereocenters. The summed E-state index contributed by atoms with van der Waals surface area (Å²) in [5, 5.41) is 14.9. The highest BCUT2D eigenvalue weighted by Gasteiger charge is 2.32. The van der Waals surface area contributed by atoms with E-state index < -0.39 is 18.0 Å². The Kier molecular flexibility index (Phi) is 4.53. The maximum atomic E-state index is 14.5. The fourth-order valence-corrected chi connectivity index (χ4v) is 2.61. The van der Waals surface area contributed by atoms with Crippen molar-refractivity contribution in [3.8, 4) is 12.3 Å². The van der Waals surface area contributed by atoms with Gasteiger partial charge in [0.2, 0.25) is 0 Å². The van der Waals surface area contributed by atoms with Gasteiger partial charge in [-0.15, -0.1) is 6.42 Å². The number of hydrogen-bond donors (Lipinski definition) is 1. The first-order valence-corrected chi connectivity index (χ1v) is 7.50. The number of anilines is 2. The number of rotatable bonds is 4. The fourth-order valence-electron chi connectivity index (χ4n) is 2.61. The minimum Gasteiger partial charge on any atom is -0.441 e. The number of nitrogens with zero attached hydrogens (tertiary/aromatic N) is 4. The van der Waals surface area contributed by atoms with Gasteiger partial charge in [-0.25, -0.2) is 9.18 Å². The molecule has 1 amide bonds. The molecule has 2 aliphatic heterocycles. The molecule has 2 aliphatic rings. The van der Waals surface area contributed by atoms with E-state index in [2.05, 4.69) is 11.0 Å². The smallest absolute Gasteiger partial charge is 0.414 e. The Hall–Kier alpha value is -2.79. The number of aliphatic hydroxyl groups is 1. The van der Waals surface area contributed by atoms with E-state index in [1.807, 2.05) is 0 Å². The predicted octanol–water partition coefficient (Wildman–Crippen LogP) is 0.842. The number of cyclic esters (lactones) is 1. The van der Waals surface area contributed by atoms with Crippen molar-refractivity contribution in [3.63, 3.8) is 0 Å². The summed E-state index contributed by atoms with van der Waals surface area (Å²) in [6.45, 7) is 1.49. The molecule has 126 valence electrons. The van der Waals surface area contributed by atoms with E-state index in [9.17, 15) is 9.18 Å². The van der Waals surface area contributed by atoms with Gasteiger partial charge in [-0.3, -0.25) is 9.91 Å². The number of halogens is 1. The Labute approximate surface area is 138 Å². The molecule has 1 fully saturated rings. The Morgan fingerprint density at radius 2 is 2.29 bits per heavy atom. The average Bonchev–Trinajstić information content (AvgIpc) is 2.97. The maximum absolute atomic E-state index is 14.5. The normalized spacial score (nSPS) is 20.3. The second-order valence-electron chi connectivity index (χ2n) is 5.45. The van der Waals surface area contributed by atoms with Crippen molar-refractivity contribution < 1.29 is 19.0 Å². The lowest BCUT2D eigenvalue weighted by atomic mass is 10.2. The van der Waals surface area contributed by atoms with Gasteiger partial charge in [0.25, 0.3) is 0 Å². The Bertz CT molecular complexity index is 703. The van der Waals surface area contributed by atoms with Gasteiger partial charge >= 0.3 is 6.09 Å². The molecular formula is C16H17FN4O3. The molecule has 8 heteroatoms. The molecule has 24 heavy (non-hydrogen) atoms. The number of ether oxygens (including phenoxy) is 1. The second-order valence-corrected chi connectivity index (χ2v) is 5.45. The predicted molar refractivity (Wildman–Crippen MR) is 87.3 cm³/mol. The van der Waals surface area contributed by atoms with Gasteiger partial charge in [0, 0.05) is 6.54 Å². The topological polar surface area (TPSA) is 68.6 Å². The maximum Gasteiger partial charge on any atom is 0.414 e. The summed E-state index contributed by atoms with van der Waals surface area (Å²) in [6, 6.07) is 4.51. The third-order valence-corrected chi connectivity index (χ3v) is 3.86. The van der Waals surface area contributed by atoms with Crippen molar-refractivity contribution in [2.24, 2.45) is 5.10 Å². The van der Waals surface area contributed by atoms with E-state index in [1.165, 1.54) is 17.3 Å². The van der Waals surface area contributed by atoms with Crippen LogP contribution in [0.25, 0.3) is 0 Å². The number of hydrazone groups is 1. The standard InChI is InChI=1S/C16H17FN4O3/c1-2-5-20-7-6-19(11-18-20)15-4-3-12(8-14(15)17)21-9-13(10-22)24-16(21)23/h1,3-4,8,11,13,22H,5-7,9-10H2. The fraction of sp³-hybridized carbons (Fsp3) is 0.375. The number of amides is 1. The summed E-state index contributed by atoms with van der Waals surface area (Å²) in [4.78, 5) is 14.7. The van der Waals surface area contributed by atoms with E-state index in [4.69, 9.17) is 16.3 Å². The summed E-state index contributed by atoms with van der Waals surface area (Å²) in [5.74, 6) is 2.04. The first kappa shape index (κ1) is 16.1. The molecular weight excluding hydrogens is 315 g/mol. The largest absolute Gasteiger partial charge is 0.441 e. The highest BCUT2D eigenvalue weighted by Crippen LogP contribution is 2.28. The van der Waals surface area contributed by atoms with Crippen LogP contribution in [0.15, 0.2) is 23.3 Å². The lowest BCUT2D eigenvalue weighted by Crippen LogP contribution is -2.38. The van der Waals surface area contributed by atoms with Crippen LogP contribution in [0.3, 0.4) is 0 Å². The summed E-state index contributed by atoms with van der Waals surface area (Å²) < 4.78 is 19.4. The number of carbonyl (C=O) groups is 1. The molecule has 1 N–H and O–H groups in total. The van der Waals surface area contributed by atoms with Gasteiger partial charge < -0.3 is 14.7 Å². The molecule has 0 aromatic heterocycles. The van der Waals surface area contributed by atoms with Crippen molar-refractivity contribution in [3.05, 3.63) is 24.0 Å². The summed E-state index contributed by atoms with van der Waals surface area (Å²) >= 11 is 0. The molecule has 7 nitrogen and oxygen atoms in total. The molecule has 1 unspecified atom stereocenters. The summed E-state index contributed by atoms with van der Waals surface area (Å²) in [5.41, 5.74) is 0.759. The molecule has 0 spiro atoms. The van der Waals surface area contributed by atoms with Crippen LogP contribution in [0.5, 0.6) is 0 Å². The zero-order valence-corrected chi connectivity index (χ0v) is 12.9. The summed E-state index contributed by atoms with van der Waals surface area (Å²) in [6.07, 6.45) is 5.59. The van der Waals surface area contributed by atoms with Crippen molar-refractivity contribution in [1.29, 1.82) is 0 Å². The van der Waals surface area contributed by atoms with Crippen LogP contribution in [-0.4, -0.2) is 61.4 Å². The SMILES string of the molecule is C#CCN1CCN(c2ccc(N3CC(CO)OC3=O)cc2F)C=N1. The monoisotopic (exact) mass is 332 g/mol. The number of aliphatic hydroxyl groups excluding tert-OH is 1. The Morgan fingerprint density at radius 3 is 2.88 bits per heavy atom. The van der Waals surface area contributed by atoms with E-state index in [1.54, 1.807) is 22.0 Å². The first-order valence-electron chi connectivity index (χ1n) is 7.50. The lowest BCUT2D eigenvalue weighted by Gasteiger charge is -2.29. The van der Waals surface area contributed by atoms with Crippen LogP contribution in [0.1, 0.15) is 0 Å². The number of hydrogen-bond acceptors (Lipinski definition) is 6. The van der Waals surface area contributed by atoms with Gasteiger partial charge in [-0.05, 0) is 18.2 Å². The van der Waals surface area contributed by atoms with Crippen molar-refractivity contribution in [2.45, 2.75) is 6.10 Å². The van der Waals surface area contributed by atoms with E-state index in [0.29, 0.717) is 31.0 Å². The zero-order chi connectivity index (χ0) is 17.1. The van der Waals surface area contributed by atoms with Crippen LogP contribution < -0.4 is 9.80 Å². The molecule has 0 saturated carbocycles. The number of benzene rings is 1. The van der Waals surface area contributed by atoms with Gasteiger partial charge in [0.1, 0.15) is 18.3 Å². The molecule has 0 aliphatic carbocycles. The van der Waals surface area contributed by atoms with Crippen LogP contribution in [0.2, 0.25) is 0 Å². The first-order chi connectivity index (χ1) is 11.6. The van der Waals surface area contributed by atoms with Gasteiger partial charge in [0.15, 0.2) is 0 Å². The molecule has 3 rings (SSSR count). The third-order valence-electron chi connectivity index (χ3n) is 3.86. The molecule has 0 bridgehead atoms. The molecule has 1 aromatic carbocycles. The van der Waals surface area contributed by atoms with Gasteiger partial charge in [-0.2, -0.15) is 5.10 Å². The Balaban J connectivity index is 1.75. The third kappa shape index (κ3) is 3.12. The molecule has 1 saturated heterocycles. The van der Waals surface area contributed by atoms with E-state index >= 15 is 0 Å². The minimum absolute atomic E-state index is 0.195. The highest BCUT2D eigenvalue weighted by molar-refractivity contribution is 5.90. The number of carbonyl (C=O) groups excluding carboxylic acids is 1. The minimum atomic E-state index is -0.592. The molecule has 2 heterocycles. The van der Waals surface area contributed by atoms with Gasteiger partial charge in [-0.1, -0.05) is 5.92 Å². The summed E-state index contributed by atoms with van der Waals surface area (Å²) in [7, 11) is 0. The molecule has 0 radical (unpaired) electrons. The van der Waals surface area contributed by atoms with Crippen molar-refractivity contribution in [1.82, 2.24) is 5.01 Å². The molecule has 1 aromatic rings. The van der Waals surface area contributed by atoms with Crippen LogP contribution >= 0.6 is 0 Å². The van der Waals surface area contributed by atoms with Crippen molar-refractivity contribution >= 4 is 23.8 Å². The van der Waals surface area contributed by atoms with Crippen LogP contribution in [-0.2, 0) is 4.74 Å². The highest BCUT2D eigenvalue weighted by atomic mass is 19.1. The van der Waals surface area contributed by atoms with Gasteiger partial charge in [0.05, 0.1) is 37.6 Å². The van der Waals surface area contributed by atoms with E-state index in [0.717, 1.165) is 0 Å². The average molecular weight is 332 g/mol. The zero-order valence-electron chi connectivity index (χ0n) is 12.9. The van der Waals surface area contributed by atoms with Crippen LogP contribution in [0, 0.1) is 18.2 Å². The Morgan fingerprint density at radius 1 is 1.46 bits per heavy atom. The number of terminal acetylenes is 1. The second kappa shape index (κ2) is 6.76. The lowest BCUT2D eigenvalue weighted by molar-refractivity contribution is 0.0963. The quantitative estimate of drug-likeness (QED) is 0.828. The van der Waals surface area contributed by atoms with Crippen LogP contribution in [0.4, 0.5) is 20.6 Å².